The highest BCUT2D eigenvalue weighted by atomic mass is 32.2. The predicted molar refractivity (Wildman–Crippen MR) is 90.3 cm³/mol. The summed E-state index contributed by atoms with van der Waals surface area (Å²) in [5.41, 5.74) is 1.47. The maximum atomic E-state index is 11.8. The molecule has 0 radical (unpaired) electrons. The first kappa shape index (κ1) is 27.6. The van der Waals surface area contributed by atoms with Gasteiger partial charge in [-0.15, -0.1) is 0 Å². The number of hydrogen-bond donors (Lipinski definition) is 0. The monoisotopic (exact) mass is 455 g/mol. The second-order valence-corrected chi connectivity index (χ2v) is 7.86. The Kier molecular flexibility index (Phi) is 10.5. The molecule has 0 spiro atoms. The Morgan fingerprint density at radius 1 is 0.966 bits per heavy atom. The average Bonchev–Trinajstić information content (AvgIpc) is 2.56. The molecule has 0 aliphatic rings. The lowest BCUT2D eigenvalue weighted by atomic mass is 10.1. The molecule has 0 amide bonds. The zero-order chi connectivity index (χ0) is 22.9. The van der Waals surface area contributed by atoms with Crippen molar-refractivity contribution in [2.45, 2.75) is 69.2 Å². The lowest BCUT2D eigenvalue weighted by Crippen LogP contribution is -2.55. The quantitative estimate of drug-likeness (QED) is 0.234. The van der Waals surface area contributed by atoms with E-state index in [9.17, 15) is 43.7 Å². The summed E-state index contributed by atoms with van der Waals surface area (Å²) in [7, 11) is -5.01. The zero-order valence-electron chi connectivity index (χ0n) is 16.0. The van der Waals surface area contributed by atoms with Crippen LogP contribution < -0.4 is 4.57 Å². The molecule has 0 aromatic carbocycles. The number of rotatable bonds is 9. The van der Waals surface area contributed by atoms with E-state index in [0.29, 0.717) is 0 Å². The largest absolute Gasteiger partial charge is 0.743 e. The molecule has 4 nitrogen and oxygen atoms in total. The Morgan fingerprint density at radius 2 is 1.48 bits per heavy atom. The Labute approximate surface area is 165 Å². The average molecular weight is 455 g/mol. The van der Waals surface area contributed by atoms with Crippen molar-refractivity contribution in [1.29, 1.82) is 0 Å². The molecule has 1 heterocycles. The summed E-state index contributed by atoms with van der Waals surface area (Å²) in [6, 6.07) is 4.36. The molecule has 0 N–H and O–H groups in total. The lowest BCUT2D eigenvalue weighted by Gasteiger charge is -2.29. The topological polar surface area (TPSA) is 61.1 Å². The van der Waals surface area contributed by atoms with Crippen LogP contribution in [0.25, 0.3) is 0 Å². The summed E-state index contributed by atoms with van der Waals surface area (Å²) in [6.45, 7) is 2.27. The zero-order valence-corrected chi connectivity index (χ0v) is 16.8. The second-order valence-electron chi connectivity index (χ2n) is 6.44. The summed E-state index contributed by atoms with van der Waals surface area (Å²) in [6.07, 6.45) is 7.03. The van der Waals surface area contributed by atoms with E-state index < -0.39 is 27.5 Å². The SMILES string of the molecule is CCCCCCCCc1ccc[n+](C)c1.O=S(=O)([O-])C(F)(F)C(F)(F)C(F)(F)F. The molecule has 1 aromatic heterocycles. The second kappa shape index (κ2) is 11.1. The molecule has 0 aliphatic carbocycles. The first-order chi connectivity index (χ1) is 13.1. The van der Waals surface area contributed by atoms with E-state index in [1.165, 1.54) is 50.5 Å². The molecule has 0 saturated carbocycles. The molecule has 0 saturated heterocycles. The van der Waals surface area contributed by atoms with Crippen molar-refractivity contribution in [2.75, 3.05) is 0 Å². The van der Waals surface area contributed by atoms with Gasteiger partial charge in [0.1, 0.15) is 7.05 Å². The predicted octanol–water partition coefficient (Wildman–Crippen LogP) is 4.74. The third-order valence-corrected chi connectivity index (χ3v) is 4.74. The molecular weight excluding hydrogens is 431 g/mol. The van der Waals surface area contributed by atoms with Gasteiger partial charge in [0.25, 0.3) is 0 Å². The molecule has 0 bridgehead atoms. The van der Waals surface area contributed by atoms with Crippen LogP contribution in [-0.4, -0.2) is 30.3 Å². The van der Waals surface area contributed by atoms with Crippen molar-refractivity contribution in [1.82, 2.24) is 0 Å². The van der Waals surface area contributed by atoms with Crippen molar-refractivity contribution >= 4 is 10.1 Å². The van der Waals surface area contributed by atoms with Crippen LogP contribution >= 0.6 is 0 Å². The van der Waals surface area contributed by atoms with Gasteiger partial charge in [0, 0.05) is 11.6 Å². The fraction of sp³-hybridized carbons (Fsp3) is 0.706. The fourth-order valence-corrected chi connectivity index (χ4v) is 2.66. The first-order valence-corrected chi connectivity index (χ1v) is 10.2. The highest BCUT2D eigenvalue weighted by Crippen LogP contribution is 2.48. The summed E-state index contributed by atoms with van der Waals surface area (Å²) >= 11 is 0. The molecule has 0 aliphatic heterocycles. The van der Waals surface area contributed by atoms with Crippen molar-refractivity contribution in [3.05, 3.63) is 30.1 Å². The van der Waals surface area contributed by atoms with Crippen LogP contribution in [0.4, 0.5) is 30.7 Å². The van der Waals surface area contributed by atoms with E-state index in [-0.39, 0.29) is 0 Å². The number of hydrogen-bond acceptors (Lipinski definition) is 3. The van der Waals surface area contributed by atoms with E-state index in [4.69, 9.17) is 0 Å². The van der Waals surface area contributed by atoms with Gasteiger partial charge in [0.05, 0.1) is 0 Å². The van der Waals surface area contributed by atoms with Crippen LogP contribution in [0.15, 0.2) is 24.5 Å². The van der Waals surface area contributed by atoms with Crippen LogP contribution in [0, 0.1) is 0 Å². The lowest BCUT2D eigenvalue weighted by molar-refractivity contribution is -0.671. The molecule has 0 atom stereocenters. The van der Waals surface area contributed by atoms with Gasteiger partial charge in [-0.25, -0.2) is 13.0 Å². The van der Waals surface area contributed by atoms with E-state index in [0.717, 1.165) is 0 Å². The number of alkyl halides is 7. The maximum absolute atomic E-state index is 11.8. The molecule has 12 heteroatoms. The van der Waals surface area contributed by atoms with Gasteiger partial charge in [-0.3, -0.25) is 0 Å². The van der Waals surface area contributed by atoms with E-state index in [1.54, 1.807) is 0 Å². The first-order valence-electron chi connectivity index (χ1n) is 8.80. The van der Waals surface area contributed by atoms with E-state index in [1.807, 2.05) is 0 Å². The van der Waals surface area contributed by atoms with Crippen molar-refractivity contribution < 1.29 is 48.3 Å². The Hall–Kier alpha value is -1.43. The summed E-state index contributed by atoms with van der Waals surface area (Å²) in [5, 5.41) is -6.72. The molecule has 170 valence electrons. The van der Waals surface area contributed by atoms with Crippen molar-refractivity contribution in [3.8, 4) is 0 Å². The number of aryl methyl sites for hydroxylation is 2. The van der Waals surface area contributed by atoms with Crippen molar-refractivity contribution in [3.63, 3.8) is 0 Å². The Morgan fingerprint density at radius 3 is 1.90 bits per heavy atom. The summed E-state index contributed by atoms with van der Waals surface area (Å²) in [4.78, 5) is 0. The van der Waals surface area contributed by atoms with Gasteiger partial charge < -0.3 is 4.55 Å². The standard InChI is InChI=1S/C14H24N.C3HF7O3S/c1-3-4-5-6-7-8-10-14-11-9-12-15(2)13-14;4-1(5,2(6,7)8)3(9,10)14(11,12)13/h9,11-13H,3-8,10H2,1-2H3;(H,11,12,13)/q+1;/p-1. The van der Waals surface area contributed by atoms with Crippen LogP contribution in [-0.2, 0) is 23.6 Å². The minimum atomic E-state index is -7.10. The van der Waals surface area contributed by atoms with Crippen LogP contribution in [0.1, 0.15) is 51.0 Å². The maximum Gasteiger partial charge on any atom is 0.461 e. The third-order valence-electron chi connectivity index (χ3n) is 3.86. The van der Waals surface area contributed by atoms with Gasteiger partial charge in [-0.2, -0.15) is 30.7 Å². The van der Waals surface area contributed by atoms with Crippen LogP contribution in [0.5, 0.6) is 0 Å². The number of pyridine rings is 1. The summed E-state index contributed by atoms with van der Waals surface area (Å²) in [5.74, 6) is -6.92. The number of unbranched alkanes of at least 4 members (excludes halogenated alkanes) is 5. The highest BCUT2D eigenvalue weighted by Gasteiger charge is 2.76. The van der Waals surface area contributed by atoms with Gasteiger partial charge in [0.15, 0.2) is 22.5 Å². The number of aromatic nitrogens is 1. The molecule has 29 heavy (non-hydrogen) atoms. The fourth-order valence-electron chi connectivity index (χ4n) is 2.23. The minimum Gasteiger partial charge on any atom is -0.743 e. The third kappa shape index (κ3) is 8.45. The van der Waals surface area contributed by atoms with Gasteiger partial charge >= 0.3 is 17.4 Å². The van der Waals surface area contributed by atoms with Gasteiger partial charge in [-0.1, -0.05) is 39.0 Å². The smallest absolute Gasteiger partial charge is 0.461 e. The number of nitrogens with zero attached hydrogens (tertiary/aromatic N) is 1. The molecule has 1 aromatic rings. The van der Waals surface area contributed by atoms with Crippen LogP contribution in [0.3, 0.4) is 0 Å². The summed E-state index contributed by atoms with van der Waals surface area (Å²) < 4.78 is 111. The van der Waals surface area contributed by atoms with Gasteiger partial charge in [0.2, 0.25) is 0 Å². The van der Waals surface area contributed by atoms with Gasteiger partial charge in [-0.05, 0) is 18.9 Å². The normalized spacial score (nSPS) is 13.0. The number of halogens is 7. The molecular formula is C17H24F7NO3S. The van der Waals surface area contributed by atoms with Crippen molar-refractivity contribution in [2.24, 2.45) is 7.05 Å². The van der Waals surface area contributed by atoms with E-state index in [2.05, 4.69) is 43.1 Å². The highest BCUT2D eigenvalue weighted by molar-refractivity contribution is 7.86. The molecule has 0 fully saturated rings. The van der Waals surface area contributed by atoms with Crippen LogP contribution in [0.2, 0.25) is 0 Å². The minimum absolute atomic E-state index is 1.24. The Balaban J connectivity index is 0.000000543. The Bertz CT molecular complexity index is 722. The molecule has 1 rings (SSSR count). The molecule has 0 unspecified atom stereocenters. The van der Waals surface area contributed by atoms with E-state index >= 15 is 0 Å².